The minimum atomic E-state index is -0.288. The van der Waals surface area contributed by atoms with Gasteiger partial charge < -0.3 is 20.1 Å². The molecule has 0 spiro atoms. The van der Waals surface area contributed by atoms with Gasteiger partial charge in [0.05, 0.1) is 6.10 Å². The summed E-state index contributed by atoms with van der Waals surface area (Å²) < 4.78 is 5.39. The summed E-state index contributed by atoms with van der Waals surface area (Å²) in [5, 5.41) is 12.4. The number of rotatable bonds is 5. The lowest BCUT2D eigenvalue weighted by molar-refractivity contribution is -0.124. The minimum Gasteiger partial charge on any atom is -0.393 e. The van der Waals surface area contributed by atoms with Crippen LogP contribution in [0, 0.1) is 0 Å². The Balaban J connectivity index is 1.44. The van der Waals surface area contributed by atoms with Crippen molar-refractivity contribution in [2.45, 2.75) is 44.3 Å². The van der Waals surface area contributed by atoms with Crippen LogP contribution in [-0.4, -0.2) is 54.4 Å². The Hall–Kier alpha value is -1.43. The lowest BCUT2D eigenvalue weighted by Crippen LogP contribution is -2.37. The molecule has 126 valence electrons. The van der Waals surface area contributed by atoms with Crippen molar-refractivity contribution in [1.82, 2.24) is 4.90 Å². The molecule has 2 fully saturated rings. The number of amides is 1. The number of nitrogens with zero attached hydrogens (tertiary/aromatic N) is 1. The van der Waals surface area contributed by atoms with E-state index in [2.05, 4.69) is 22.3 Å². The summed E-state index contributed by atoms with van der Waals surface area (Å²) in [5.74, 6) is -0.0397. The lowest BCUT2D eigenvalue weighted by Gasteiger charge is -2.29. The normalized spacial score (nSPS) is 23.1. The largest absolute Gasteiger partial charge is 0.393 e. The number of carbonyl (C=O) groups excluding carboxylic acids is 1. The average Bonchev–Trinajstić information content (AvgIpc) is 3.10. The zero-order valence-corrected chi connectivity index (χ0v) is 13.5. The highest BCUT2D eigenvalue weighted by Crippen LogP contribution is 2.16. The van der Waals surface area contributed by atoms with Gasteiger partial charge in [-0.3, -0.25) is 4.79 Å². The van der Waals surface area contributed by atoms with Crippen LogP contribution in [0.1, 0.15) is 31.2 Å². The van der Waals surface area contributed by atoms with Gasteiger partial charge in [-0.15, -0.1) is 0 Å². The second kappa shape index (κ2) is 7.90. The van der Waals surface area contributed by atoms with Crippen LogP contribution in [0.4, 0.5) is 5.69 Å². The molecule has 1 aromatic carbocycles. The maximum Gasteiger partial charge on any atom is 0.253 e. The van der Waals surface area contributed by atoms with Gasteiger partial charge in [0.1, 0.15) is 6.10 Å². The molecule has 1 amide bonds. The predicted octanol–water partition coefficient (Wildman–Crippen LogP) is 1.80. The van der Waals surface area contributed by atoms with Crippen LogP contribution in [0.3, 0.4) is 0 Å². The maximum atomic E-state index is 12.0. The third-order valence-corrected chi connectivity index (χ3v) is 4.72. The molecule has 2 aliphatic rings. The maximum absolute atomic E-state index is 12.0. The zero-order valence-electron chi connectivity index (χ0n) is 13.5. The van der Waals surface area contributed by atoms with E-state index in [1.807, 2.05) is 12.1 Å². The Bertz CT molecular complexity index is 504. The zero-order chi connectivity index (χ0) is 16.1. The lowest BCUT2D eigenvalue weighted by atomic mass is 10.1. The van der Waals surface area contributed by atoms with Crippen molar-refractivity contribution in [3.05, 3.63) is 29.8 Å². The molecule has 5 heteroatoms. The molecule has 1 atom stereocenters. The van der Waals surface area contributed by atoms with Gasteiger partial charge in [0, 0.05) is 31.9 Å². The van der Waals surface area contributed by atoms with Crippen molar-refractivity contribution in [2.24, 2.45) is 0 Å². The van der Waals surface area contributed by atoms with Gasteiger partial charge in [0.2, 0.25) is 0 Å². The van der Waals surface area contributed by atoms with E-state index < -0.39 is 0 Å². The van der Waals surface area contributed by atoms with Crippen molar-refractivity contribution < 1.29 is 14.6 Å². The van der Waals surface area contributed by atoms with Gasteiger partial charge in [-0.05, 0) is 49.8 Å². The van der Waals surface area contributed by atoms with Crippen LogP contribution in [-0.2, 0) is 16.0 Å². The van der Waals surface area contributed by atoms with E-state index >= 15 is 0 Å². The molecule has 3 rings (SSSR count). The van der Waals surface area contributed by atoms with Crippen LogP contribution in [0.5, 0.6) is 0 Å². The van der Waals surface area contributed by atoms with Gasteiger partial charge in [-0.2, -0.15) is 0 Å². The van der Waals surface area contributed by atoms with Crippen LogP contribution in [0.25, 0.3) is 0 Å². The number of hydrogen-bond acceptors (Lipinski definition) is 4. The molecule has 1 aromatic rings. The van der Waals surface area contributed by atoms with E-state index in [1.54, 1.807) is 0 Å². The molecule has 2 saturated heterocycles. The van der Waals surface area contributed by atoms with Gasteiger partial charge >= 0.3 is 0 Å². The van der Waals surface area contributed by atoms with Gasteiger partial charge in [0.15, 0.2) is 0 Å². The second-order valence-electron chi connectivity index (χ2n) is 6.51. The number of carbonyl (C=O) groups is 1. The van der Waals surface area contributed by atoms with Gasteiger partial charge in [0.25, 0.3) is 5.91 Å². The molecule has 0 bridgehead atoms. The fraction of sp³-hybridized carbons (Fsp3) is 0.611. The number of anilines is 1. The summed E-state index contributed by atoms with van der Waals surface area (Å²) in [6.45, 7) is 3.67. The van der Waals surface area contributed by atoms with Crippen LogP contribution < -0.4 is 5.32 Å². The number of likely N-dealkylation sites (tertiary alicyclic amines) is 1. The van der Waals surface area contributed by atoms with E-state index in [0.717, 1.165) is 57.4 Å². The monoisotopic (exact) mass is 318 g/mol. The summed E-state index contributed by atoms with van der Waals surface area (Å²) in [4.78, 5) is 14.4. The fourth-order valence-corrected chi connectivity index (χ4v) is 3.19. The smallest absolute Gasteiger partial charge is 0.253 e. The quantitative estimate of drug-likeness (QED) is 0.869. The van der Waals surface area contributed by atoms with E-state index in [9.17, 15) is 9.90 Å². The van der Waals surface area contributed by atoms with Gasteiger partial charge in [-0.25, -0.2) is 0 Å². The first-order valence-corrected chi connectivity index (χ1v) is 8.62. The topological polar surface area (TPSA) is 61.8 Å². The van der Waals surface area contributed by atoms with Crippen LogP contribution >= 0.6 is 0 Å². The number of nitrogens with one attached hydrogen (secondary N) is 1. The molecule has 2 heterocycles. The highest BCUT2D eigenvalue weighted by Gasteiger charge is 2.23. The molecule has 2 N–H and O–H groups in total. The molecule has 0 saturated carbocycles. The SMILES string of the molecule is O=C(Nc1ccc(CCN2CCC(O)CC2)cc1)[C@H]1CCCO1. The molecule has 0 aliphatic carbocycles. The number of benzene rings is 1. The molecule has 0 radical (unpaired) electrons. The van der Waals surface area contributed by atoms with Crippen LogP contribution in [0.2, 0.25) is 0 Å². The van der Waals surface area contributed by atoms with E-state index in [4.69, 9.17) is 4.74 Å². The van der Waals surface area contributed by atoms with Crippen molar-refractivity contribution in [1.29, 1.82) is 0 Å². The Morgan fingerprint density at radius 3 is 2.61 bits per heavy atom. The molecule has 23 heavy (non-hydrogen) atoms. The van der Waals surface area contributed by atoms with Gasteiger partial charge in [-0.1, -0.05) is 12.1 Å². The van der Waals surface area contributed by atoms with E-state index in [1.165, 1.54) is 5.56 Å². The molecule has 2 aliphatic heterocycles. The summed E-state index contributed by atoms with van der Waals surface area (Å²) in [6.07, 6.45) is 4.14. The minimum absolute atomic E-state index is 0.0397. The Labute approximate surface area is 137 Å². The third kappa shape index (κ3) is 4.77. The molecular weight excluding hydrogens is 292 g/mol. The molecular formula is C18H26N2O3. The van der Waals surface area contributed by atoms with Crippen molar-refractivity contribution in [2.75, 3.05) is 31.6 Å². The first-order chi connectivity index (χ1) is 11.2. The number of aliphatic hydroxyl groups is 1. The number of aliphatic hydroxyl groups excluding tert-OH is 1. The number of piperidine rings is 1. The Kier molecular flexibility index (Phi) is 5.65. The number of hydrogen-bond donors (Lipinski definition) is 2. The highest BCUT2D eigenvalue weighted by atomic mass is 16.5. The highest BCUT2D eigenvalue weighted by molar-refractivity contribution is 5.94. The predicted molar refractivity (Wildman–Crippen MR) is 89.4 cm³/mol. The van der Waals surface area contributed by atoms with E-state index in [0.29, 0.717) is 6.61 Å². The summed E-state index contributed by atoms with van der Waals surface area (Å²) in [7, 11) is 0. The first-order valence-electron chi connectivity index (χ1n) is 8.62. The molecule has 0 aromatic heterocycles. The average molecular weight is 318 g/mol. The Morgan fingerprint density at radius 2 is 1.96 bits per heavy atom. The fourth-order valence-electron chi connectivity index (χ4n) is 3.19. The van der Waals surface area contributed by atoms with Crippen molar-refractivity contribution in [3.63, 3.8) is 0 Å². The van der Waals surface area contributed by atoms with E-state index in [-0.39, 0.29) is 18.1 Å². The second-order valence-corrected chi connectivity index (χ2v) is 6.51. The van der Waals surface area contributed by atoms with Crippen molar-refractivity contribution in [3.8, 4) is 0 Å². The number of ether oxygens (including phenoxy) is 1. The summed E-state index contributed by atoms with van der Waals surface area (Å²) in [6, 6.07) is 8.07. The first kappa shape index (κ1) is 16.4. The summed E-state index contributed by atoms with van der Waals surface area (Å²) >= 11 is 0. The molecule has 0 unspecified atom stereocenters. The van der Waals surface area contributed by atoms with Crippen molar-refractivity contribution >= 4 is 11.6 Å². The standard InChI is InChI=1S/C18H26N2O3/c21-16-8-11-20(12-9-16)10-7-14-3-5-15(6-4-14)19-18(22)17-2-1-13-23-17/h3-6,16-17,21H,1-2,7-13H2,(H,19,22)/t17-/m1/s1. The Morgan fingerprint density at radius 1 is 1.22 bits per heavy atom. The third-order valence-electron chi connectivity index (χ3n) is 4.72. The van der Waals surface area contributed by atoms with Crippen LogP contribution in [0.15, 0.2) is 24.3 Å². The summed E-state index contributed by atoms with van der Waals surface area (Å²) in [5.41, 5.74) is 2.10. The molecule has 5 nitrogen and oxygen atoms in total.